The van der Waals surface area contributed by atoms with Crippen LogP contribution in [0.1, 0.15) is 36.8 Å². The van der Waals surface area contributed by atoms with Crippen LogP contribution in [0.4, 0.5) is 16.0 Å². The van der Waals surface area contributed by atoms with E-state index in [0.717, 1.165) is 12.1 Å². The molecule has 0 atom stereocenters. The first kappa shape index (κ1) is 17.5. The Morgan fingerprint density at radius 3 is 2.62 bits per heavy atom. The van der Waals surface area contributed by atoms with Gasteiger partial charge in [-0.3, -0.25) is 10.1 Å². The van der Waals surface area contributed by atoms with Crippen molar-refractivity contribution in [1.29, 1.82) is 0 Å². The summed E-state index contributed by atoms with van der Waals surface area (Å²) in [5.74, 6) is -1.83. The van der Waals surface area contributed by atoms with Gasteiger partial charge in [0.1, 0.15) is 5.82 Å². The minimum Gasteiger partial charge on any atom is -0.452 e. The number of amides is 1. The van der Waals surface area contributed by atoms with Gasteiger partial charge in [-0.2, -0.15) is 0 Å². The highest BCUT2D eigenvalue weighted by atomic mass is 19.1. The minimum absolute atomic E-state index is 0.0149. The van der Waals surface area contributed by atoms with E-state index in [-0.39, 0.29) is 22.6 Å². The first-order valence-corrected chi connectivity index (χ1v) is 7.16. The number of carbonyl (C=O) groups is 2. The second-order valence-corrected chi connectivity index (χ2v) is 6.18. The molecule has 24 heavy (non-hydrogen) atoms. The Hall–Kier alpha value is -2.90. The molecule has 0 saturated carbocycles. The molecule has 0 spiro atoms. The van der Waals surface area contributed by atoms with Crippen molar-refractivity contribution < 1.29 is 23.2 Å². The fourth-order valence-corrected chi connectivity index (χ4v) is 1.79. The Bertz CT molecular complexity index is 765. The van der Waals surface area contributed by atoms with Crippen molar-refractivity contribution in [2.24, 2.45) is 0 Å². The van der Waals surface area contributed by atoms with Crippen LogP contribution in [0.5, 0.6) is 0 Å². The number of hydrogen-bond donors (Lipinski definition) is 2. The minimum atomic E-state index is -0.824. The lowest BCUT2D eigenvalue weighted by molar-refractivity contribution is -0.119. The molecule has 0 aliphatic rings. The van der Waals surface area contributed by atoms with E-state index in [1.165, 1.54) is 6.07 Å². The highest BCUT2D eigenvalue weighted by Gasteiger charge is 2.20. The van der Waals surface area contributed by atoms with Gasteiger partial charge in [0.05, 0.1) is 11.3 Å². The number of halogens is 1. The zero-order chi connectivity index (χ0) is 17.9. The molecule has 0 radical (unpaired) electrons. The van der Waals surface area contributed by atoms with Crippen LogP contribution in [-0.2, 0) is 14.9 Å². The van der Waals surface area contributed by atoms with E-state index < -0.39 is 24.3 Å². The van der Waals surface area contributed by atoms with Crippen LogP contribution in [0.2, 0.25) is 0 Å². The number of nitrogens with two attached hydrogens (primary N) is 1. The molecule has 0 unspecified atom stereocenters. The van der Waals surface area contributed by atoms with Crippen LogP contribution < -0.4 is 11.1 Å². The van der Waals surface area contributed by atoms with Gasteiger partial charge in [-0.25, -0.2) is 9.18 Å². The fraction of sp³-hybridized carbons (Fsp3) is 0.312. The van der Waals surface area contributed by atoms with Gasteiger partial charge in [0.2, 0.25) is 5.88 Å². The van der Waals surface area contributed by atoms with E-state index in [1.807, 2.05) is 20.8 Å². The van der Waals surface area contributed by atoms with E-state index in [9.17, 15) is 14.0 Å². The predicted molar refractivity (Wildman–Crippen MR) is 84.9 cm³/mol. The topological polar surface area (TPSA) is 107 Å². The molecule has 1 heterocycles. The van der Waals surface area contributed by atoms with Crippen molar-refractivity contribution in [3.05, 3.63) is 41.3 Å². The first-order valence-electron chi connectivity index (χ1n) is 7.16. The van der Waals surface area contributed by atoms with Crippen LogP contribution in [0.3, 0.4) is 0 Å². The summed E-state index contributed by atoms with van der Waals surface area (Å²) in [6, 6.07) is 4.86. The molecule has 1 amide bonds. The Morgan fingerprint density at radius 1 is 1.33 bits per heavy atom. The standard InChI is InChI=1S/C16H18FN3O4/c1-16(2,3)12-7-14(24-20-12)19-13(21)8-23-15(22)10-5-4-9(17)6-11(10)18/h4-7H,8,18H2,1-3H3,(H,19,21). The summed E-state index contributed by atoms with van der Waals surface area (Å²) < 4.78 is 22.8. The number of ether oxygens (including phenoxy) is 1. The lowest BCUT2D eigenvalue weighted by Crippen LogP contribution is -2.21. The van der Waals surface area contributed by atoms with Gasteiger partial charge in [0.15, 0.2) is 6.61 Å². The number of nitrogens with zero attached hydrogens (tertiary/aromatic N) is 1. The largest absolute Gasteiger partial charge is 0.452 e. The monoisotopic (exact) mass is 335 g/mol. The third-order valence-corrected chi connectivity index (χ3v) is 3.11. The van der Waals surface area contributed by atoms with Crippen molar-refractivity contribution in [3.8, 4) is 0 Å². The molecule has 0 aliphatic heterocycles. The van der Waals surface area contributed by atoms with E-state index in [0.29, 0.717) is 5.69 Å². The molecule has 0 aliphatic carbocycles. The maximum absolute atomic E-state index is 12.9. The maximum atomic E-state index is 12.9. The quantitative estimate of drug-likeness (QED) is 0.656. The molecule has 3 N–H and O–H groups in total. The maximum Gasteiger partial charge on any atom is 0.340 e. The van der Waals surface area contributed by atoms with Crippen molar-refractivity contribution in [1.82, 2.24) is 5.16 Å². The third-order valence-electron chi connectivity index (χ3n) is 3.11. The highest BCUT2D eigenvalue weighted by molar-refractivity contribution is 5.97. The molecule has 0 bridgehead atoms. The van der Waals surface area contributed by atoms with Gasteiger partial charge in [0, 0.05) is 17.2 Å². The van der Waals surface area contributed by atoms with Gasteiger partial charge >= 0.3 is 5.97 Å². The smallest absolute Gasteiger partial charge is 0.340 e. The summed E-state index contributed by atoms with van der Waals surface area (Å²) in [5.41, 5.74) is 5.90. The van der Waals surface area contributed by atoms with E-state index in [4.69, 9.17) is 15.0 Å². The Labute approximate surface area is 138 Å². The fourth-order valence-electron chi connectivity index (χ4n) is 1.79. The normalized spacial score (nSPS) is 11.2. The van der Waals surface area contributed by atoms with Gasteiger partial charge in [-0.1, -0.05) is 25.9 Å². The molecule has 2 aromatic rings. The third kappa shape index (κ3) is 4.31. The van der Waals surface area contributed by atoms with Crippen LogP contribution in [-0.4, -0.2) is 23.6 Å². The Balaban J connectivity index is 1.91. The number of carbonyl (C=O) groups excluding carboxylic acids is 2. The number of benzene rings is 1. The summed E-state index contributed by atoms with van der Waals surface area (Å²) in [6.45, 7) is 5.31. The van der Waals surface area contributed by atoms with Gasteiger partial charge < -0.3 is 15.0 Å². The summed E-state index contributed by atoms with van der Waals surface area (Å²) in [6.07, 6.45) is 0. The number of aromatic nitrogens is 1. The summed E-state index contributed by atoms with van der Waals surface area (Å²) >= 11 is 0. The number of rotatable bonds is 4. The van der Waals surface area contributed by atoms with Crippen molar-refractivity contribution >= 4 is 23.4 Å². The lowest BCUT2D eigenvalue weighted by Gasteiger charge is -2.12. The summed E-state index contributed by atoms with van der Waals surface area (Å²) in [4.78, 5) is 23.6. The van der Waals surface area contributed by atoms with Crippen LogP contribution in [0.15, 0.2) is 28.8 Å². The van der Waals surface area contributed by atoms with E-state index >= 15 is 0 Å². The number of nitrogens with one attached hydrogen (secondary N) is 1. The second kappa shape index (κ2) is 6.69. The highest BCUT2D eigenvalue weighted by Crippen LogP contribution is 2.23. The SMILES string of the molecule is CC(C)(C)c1cc(NC(=O)COC(=O)c2ccc(F)cc2N)on1. The van der Waals surface area contributed by atoms with Crippen molar-refractivity contribution in [3.63, 3.8) is 0 Å². The van der Waals surface area contributed by atoms with Crippen molar-refractivity contribution in [2.75, 3.05) is 17.7 Å². The van der Waals surface area contributed by atoms with Crippen LogP contribution in [0, 0.1) is 5.82 Å². The zero-order valence-corrected chi connectivity index (χ0v) is 13.6. The number of esters is 1. The van der Waals surface area contributed by atoms with Crippen LogP contribution >= 0.6 is 0 Å². The molecule has 0 fully saturated rings. The van der Waals surface area contributed by atoms with E-state index in [1.54, 1.807) is 6.07 Å². The molecular formula is C16H18FN3O4. The number of hydrogen-bond acceptors (Lipinski definition) is 6. The lowest BCUT2D eigenvalue weighted by atomic mass is 9.92. The van der Waals surface area contributed by atoms with E-state index in [2.05, 4.69) is 10.5 Å². The molecule has 2 rings (SSSR count). The summed E-state index contributed by atoms with van der Waals surface area (Å²) in [5, 5.41) is 6.28. The molecule has 1 aromatic heterocycles. The van der Waals surface area contributed by atoms with Gasteiger partial charge in [0.25, 0.3) is 5.91 Å². The average Bonchev–Trinajstić information content (AvgIpc) is 2.93. The molecular weight excluding hydrogens is 317 g/mol. The predicted octanol–water partition coefficient (Wildman–Crippen LogP) is 2.49. The first-order chi connectivity index (χ1) is 11.2. The Morgan fingerprint density at radius 2 is 2.04 bits per heavy atom. The average molecular weight is 335 g/mol. The Kier molecular flexibility index (Phi) is 4.87. The van der Waals surface area contributed by atoms with Crippen molar-refractivity contribution in [2.45, 2.75) is 26.2 Å². The summed E-state index contributed by atoms with van der Waals surface area (Å²) in [7, 11) is 0. The molecule has 8 heteroatoms. The molecule has 1 aromatic carbocycles. The zero-order valence-electron chi connectivity index (χ0n) is 13.6. The molecule has 0 saturated heterocycles. The molecule has 7 nitrogen and oxygen atoms in total. The number of nitrogen functional groups attached to an aromatic ring is 1. The number of anilines is 2. The van der Waals surface area contributed by atoms with Gasteiger partial charge in [-0.05, 0) is 18.2 Å². The van der Waals surface area contributed by atoms with Crippen LogP contribution in [0.25, 0.3) is 0 Å². The second-order valence-electron chi connectivity index (χ2n) is 6.18. The molecule has 128 valence electrons. The van der Waals surface area contributed by atoms with Gasteiger partial charge in [-0.15, -0.1) is 0 Å².